The molecule has 4 N–H and O–H groups in total. The highest BCUT2D eigenvalue weighted by Crippen LogP contribution is 1.93. The quantitative estimate of drug-likeness (QED) is 0.536. The molecule has 0 aliphatic rings. The van der Waals surface area contributed by atoms with Gasteiger partial charge in [-0.2, -0.15) is 0 Å². The van der Waals surface area contributed by atoms with E-state index in [1.807, 2.05) is 0 Å². The van der Waals surface area contributed by atoms with Gasteiger partial charge >= 0.3 is 12.0 Å². The molecular formula is C10H14N4O4. The number of hydrogen-bond donors (Lipinski definition) is 4. The van der Waals surface area contributed by atoms with E-state index in [-0.39, 0.29) is 6.54 Å². The molecule has 2 amide bonds. The van der Waals surface area contributed by atoms with E-state index in [0.29, 0.717) is 11.5 Å². The van der Waals surface area contributed by atoms with Crippen molar-refractivity contribution in [3.05, 3.63) is 23.8 Å². The smallest absolute Gasteiger partial charge is 0.328 e. The molecule has 0 radical (unpaired) electrons. The molecule has 8 heteroatoms. The van der Waals surface area contributed by atoms with Crippen LogP contribution in [0, 0.1) is 6.92 Å². The summed E-state index contributed by atoms with van der Waals surface area (Å²) < 4.78 is 0. The number of aryl methyl sites for hydroxylation is 1. The number of urea groups is 1. The maximum Gasteiger partial charge on any atom is 0.328 e. The average Bonchev–Trinajstić information content (AvgIpc) is 2.33. The summed E-state index contributed by atoms with van der Waals surface area (Å²) in [6, 6.07) is -0.376. The van der Waals surface area contributed by atoms with Crippen LogP contribution in [-0.4, -0.2) is 44.8 Å². The Morgan fingerprint density at radius 1 is 1.50 bits per heavy atom. The van der Waals surface area contributed by atoms with Gasteiger partial charge in [0.25, 0.3) is 0 Å². The van der Waals surface area contributed by atoms with Gasteiger partial charge in [0.1, 0.15) is 5.82 Å². The predicted octanol–water partition coefficient (Wildman–Crippen LogP) is -0.970. The van der Waals surface area contributed by atoms with Gasteiger partial charge in [-0.25, -0.2) is 19.6 Å². The number of nitrogens with one attached hydrogen (secondary N) is 2. The summed E-state index contributed by atoms with van der Waals surface area (Å²) in [5, 5.41) is 21.9. The van der Waals surface area contributed by atoms with Gasteiger partial charge in [-0.3, -0.25) is 0 Å². The van der Waals surface area contributed by atoms with Crippen LogP contribution in [0.2, 0.25) is 0 Å². The fourth-order valence-electron chi connectivity index (χ4n) is 1.17. The van der Waals surface area contributed by atoms with Gasteiger partial charge < -0.3 is 20.8 Å². The molecule has 8 nitrogen and oxygen atoms in total. The maximum atomic E-state index is 11.3. The lowest BCUT2D eigenvalue weighted by atomic mass is 10.3. The molecule has 18 heavy (non-hydrogen) atoms. The topological polar surface area (TPSA) is 124 Å². The van der Waals surface area contributed by atoms with E-state index >= 15 is 0 Å². The predicted molar refractivity (Wildman–Crippen MR) is 60.7 cm³/mol. The lowest BCUT2D eigenvalue weighted by Crippen LogP contribution is -2.47. The van der Waals surface area contributed by atoms with Crippen LogP contribution >= 0.6 is 0 Å². The molecule has 1 aromatic rings. The number of carbonyl (C=O) groups is 2. The Morgan fingerprint density at radius 3 is 2.78 bits per heavy atom. The Balaban J connectivity index is 2.44. The van der Waals surface area contributed by atoms with Crippen molar-refractivity contribution in [3.8, 4) is 0 Å². The van der Waals surface area contributed by atoms with E-state index in [0.717, 1.165) is 0 Å². The van der Waals surface area contributed by atoms with Crippen molar-refractivity contribution in [1.82, 2.24) is 20.6 Å². The van der Waals surface area contributed by atoms with Crippen LogP contribution in [-0.2, 0) is 11.3 Å². The highest BCUT2D eigenvalue weighted by atomic mass is 16.4. The number of carboxylic acids is 1. The normalized spacial score (nSPS) is 11.7. The Labute approximate surface area is 103 Å². The number of hydrogen-bond acceptors (Lipinski definition) is 5. The van der Waals surface area contributed by atoms with Crippen LogP contribution in [0.5, 0.6) is 0 Å². The molecule has 1 heterocycles. The number of rotatable bonds is 5. The third-order valence-corrected chi connectivity index (χ3v) is 2.05. The van der Waals surface area contributed by atoms with E-state index in [9.17, 15) is 9.59 Å². The molecule has 0 aromatic carbocycles. The van der Waals surface area contributed by atoms with Crippen molar-refractivity contribution in [1.29, 1.82) is 0 Å². The number of nitrogens with zero attached hydrogens (tertiary/aromatic N) is 2. The summed E-state index contributed by atoms with van der Waals surface area (Å²) in [5.41, 5.74) is 0.605. The van der Waals surface area contributed by atoms with Crippen LogP contribution in [0.25, 0.3) is 0 Å². The summed E-state index contributed by atoms with van der Waals surface area (Å²) in [7, 11) is 0. The summed E-state index contributed by atoms with van der Waals surface area (Å²) in [5.74, 6) is -0.723. The van der Waals surface area contributed by atoms with Gasteiger partial charge in [-0.05, 0) is 13.0 Å². The van der Waals surface area contributed by atoms with Crippen molar-refractivity contribution in [3.63, 3.8) is 0 Å². The zero-order chi connectivity index (χ0) is 13.5. The van der Waals surface area contributed by atoms with Gasteiger partial charge in [-0.1, -0.05) is 0 Å². The Morgan fingerprint density at radius 2 is 2.22 bits per heavy atom. The largest absolute Gasteiger partial charge is 0.480 e. The van der Waals surface area contributed by atoms with Crippen molar-refractivity contribution in [2.45, 2.75) is 19.5 Å². The van der Waals surface area contributed by atoms with E-state index in [4.69, 9.17) is 10.2 Å². The standard InChI is InChI=1S/C10H14N4O4/c1-6-11-3-2-7(13-6)4-12-10(18)14-8(5-15)9(16)17/h2-3,8,15H,4-5H2,1H3,(H,16,17)(H2,12,14,18). The van der Waals surface area contributed by atoms with Crippen LogP contribution in [0.3, 0.4) is 0 Å². The molecule has 0 saturated heterocycles. The molecule has 1 rings (SSSR count). The molecule has 0 saturated carbocycles. The first-order chi connectivity index (χ1) is 8.52. The Kier molecular flexibility index (Phi) is 5.00. The number of aromatic nitrogens is 2. The molecule has 1 aromatic heterocycles. The minimum Gasteiger partial charge on any atom is -0.480 e. The van der Waals surface area contributed by atoms with Gasteiger partial charge in [0.15, 0.2) is 6.04 Å². The summed E-state index contributed by atoms with van der Waals surface area (Å²) in [4.78, 5) is 29.9. The van der Waals surface area contributed by atoms with Crippen LogP contribution < -0.4 is 10.6 Å². The number of carboxylic acid groups (broad SMARTS) is 1. The fourth-order valence-corrected chi connectivity index (χ4v) is 1.17. The lowest BCUT2D eigenvalue weighted by molar-refractivity contribution is -0.140. The van der Waals surface area contributed by atoms with Gasteiger partial charge in [0.05, 0.1) is 18.8 Å². The summed E-state index contributed by atoms with van der Waals surface area (Å²) in [6.45, 7) is 1.19. The lowest BCUT2D eigenvalue weighted by Gasteiger charge is -2.12. The zero-order valence-corrected chi connectivity index (χ0v) is 9.75. The molecule has 0 spiro atoms. The van der Waals surface area contributed by atoms with Gasteiger partial charge in [0, 0.05) is 6.20 Å². The fraction of sp³-hybridized carbons (Fsp3) is 0.400. The van der Waals surface area contributed by atoms with Crippen molar-refractivity contribution in [2.24, 2.45) is 0 Å². The number of amides is 2. The van der Waals surface area contributed by atoms with Crippen molar-refractivity contribution < 1.29 is 19.8 Å². The maximum absolute atomic E-state index is 11.3. The third kappa shape index (κ3) is 4.34. The molecule has 0 fully saturated rings. The van der Waals surface area contributed by atoms with Crippen molar-refractivity contribution >= 4 is 12.0 Å². The summed E-state index contributed by atoms with van der Waals surface area (Å²) in [6.07, 6.45) is 1.56. The molecule has 1 atom stereocenters. The number of carbonyl (C=O) groups excluding carboxylic acids is 1. The first kappa shape index (κ1) is 13.8. The highest BCUT2D eigenvalue weighted by Gasteiger charge is 2.18. The zero-order valence-electron chi connectivity index (χ0n) is 9.75. The van der Waals surface area contributed by atoms with Crippen molar-refractivity contribution in [2.75, 3.05) is 6.61 Å². The van der Waals surface area contributed by atoms with Crippen LogP contribution in [0.15, 0.2) is 12.3 Å². The highest BCUT2D eigenvalue weighted by molar-refractivity contribution is 5.82. The Bertz CT molecular complexity index is 438. The second-order valence-corrected chi connectivity index (χ2v) is 3.50. The molecule has 0 aliphatic carbocycles. The first-order valence-corrected chi connectivity index (χ1v) is 5.19. The monoisotopic (exact) mass is 254 g/mol. The SMILES string of the molecule is Cc1nccc(CNC(=O)NC(CO)C(=O)O)n1. The first-order valence-electron chi connectivity index (χ1n) is 5.19. The number of aliphatic carboxylic acids is 1. The van der Waals surface area contributed by atoms with Gasteiger partial charge in [0.2, 0.25) is 0 Å². The van der Waals surface area contributed by atoms with E-state index in [2.05, 4.69) is 20.6 Å². The third-order valence-electron chi connectivity index (χ3n) is 2.05. The van der Waals surface area contributed by atoms with Crippen LogP contribution in [0.4, 0.5) is 4.79 Å². The van der Waals surface area contributed by atoms with E-state index < -0.39 is 24.6 Å². The summed E-state index contributed by atoms with van der Waals surface area (Å²) >= 11 is 0. The number of aliphatic hydroxyl groups is 1. The van der Waals surface area contributed by atoms with Crippen LogP contribution in [0.1, 0.15) is 11.5 Å². The minimum atomic E-state index is -1.32. The minimum absolute atomic E-state index is 0.146. The molecule has 1 unspecified atom stereocenters. The molecular weight excluding hydrogens is 240 g/mol. The molecule has 0 aliphatic heterocycles. The number of aliphatic hydroxyl groups excluding tert-OH is 1. The second kappa shape index (κ2) is 6.50. The molecule has 98 valence electrons. The Hall–Kier alpha value is -2.22. The van der Waals surface area contributed by atoms with E-state index in [1.54, 1.807) is 19.2 Å². The average molecular weight is 254 g/mol. The van der Waals surface area contributed by atoms with Gasteiger partial charge in [-0.15, -0.1) is 0 Å². The molecule has 0 bridgehead atoms. The van der Waals surface area contributed by atoms with E-state index in [1.165, 1.54) is 0 Å². The second-order valence-electron chi connectivity index (χ2n) is 3.50.